The van der Waals surface area contributed by atoms with Gasteiger partial charge in [-0.2, -0.15) is 0 Å². The van der Waals surface area contributed by atoms with Crippen molar-refractivity contribution in [2.45, 2.75) is 33.4 Å². The molecule has 0 radical (unpaired) electrons. The monoisotopic (exact) mass is 511 g/mol. The van der Waals surface area contributed by atoms with Crippen molar-refractivity contribution in [3.8, 4) is 17.2 Å². The Balaban J connectivity index is 1.52. The Labute approximate surface area is 198 Å². The minimum atomic E-state index is -0.280. The Morgan fingerprint density at radius 3 is 2.73 bits per heavy atom. The lowest BCUT2D eigenvalue weighted by atomic mass is 9.90. The maximum Gasteiger partial charge on any atom is 0.257 e. The lowest BCUT2D eigenvalue weighted by molar-refractivity contribution is -0.111. The van der Waals surface area contributed by atoms with Gasteiger partial charge in [0, 0.05) is 17.2 Å². The molecule has 8 nitrogen and oxygen atoms in total. The molecule has 0 bridgehead atoms. The number of amides is 1. The van der Waals surface area contributed by atoms with Gasteiger partial charge in [-0.3, -0.25) is 4.79 Å². The molecule has 0 saturated carbocycles. The number of fused-ring (bicyclic) bond motifs is 2. The van der Waals surface area contributed by atoms with Gasteiger partial charge in [0.25, 0.3) is 5.91 Å². The fourth-order valence-electron chi connectivity index (χ4n) is 4.15. The molecule has 0 fully saturated rings. The molecule has 3 aromatic rings. The van der Waals surface area contributed by atoms with Crippen LogP contribution in [0.2, 0.25) is 0 Å². The molecule has 1 amide bonds. The van der Waals surface area contributed by atoms with E-state index in [9.17, 15) is 9.90 Å². The zero-order valence-electron chi connectivity index (χ0n) is 18.3. The van der Waals surface area contributed by atoms with E-state index in [0.717, 1.165) is 21.2 Å². The summed E-state index contributed by atoms with van der Waals surface area (Å²) in [7, 11) is 0. The van der Waals surface area contributed by atoms with Crippen LogP contribution >= 0.6 is 15.9 Å². The molecule has 170 valence electrons. The number of carbonyl (C=O) groups excluding carboxylic acids is 1. The second kappa shape index (κ2) is 8.15. The Morgan fingerprint density at radius 2 is 2.00 bits per heavy atom. The van der Waals surface area contributed by atoms with Gasteiger partial charge in [0.2, 0.25) is 6.79 Å². The van der Waals surface area contributed by atoms with Gasteiger partial charge in [-0.15, -0.1) is 0 Å². The number of nitrogens with one attached hydrogen (secondary N) is 1. The molecule has 2 N–H and O–H groups in total. The van der Waals surface area contributed by atoms with Crippen LogP contribution in [0, 0.1) is 13.8 Å². The zero-order chi connectivity index (χ0) is 23.3. The number of aryl methyl sites for hydroxylation is 2. The lowest BCUT2D eigenvalue weighted by Gasteiger charge is -2.35. The molecular formula is C24H22BrN3O5. The average Bonchev–Trinajstić information content (AvgIpc) is 3.36. The Kier molecular flexibility index (Phi) is 5.28. The van der Waals surface area contributed by atoms with Gasteiger partial charge in [0.15, 0.2) is 17.3 Å². The maximum absolute atomic E-state index is 13.4. The molecule has 1 unspecified atom stereocenters. The van der Waals surface area contributed by atoms with Crippen LogP contribution in [-0.2, 0) is 11.3 Å². The van der Waals surface area contributed by atoms with Gasteiger partial charge in [-0.05, 0) is 61.7 Å². The highest BCUT2D eigenvalue weighted by atomic mass is 79.9. The SMILES string of the molecule is Cc1noc(C)c1NC(=O)C1=CN(Cc2cc3c(cc2Br)OCO3)C(C)c2cc(O)ccc21. The molecular weight excluding hydrogens is 490 g/mol. The number of rotatable bonds is 4. The highest BCUT2D eigenvalue weighted by Gasteiger charge is 2.29. The molecule has 5 rings (SSSR count). The molecule has 33 heavy (non-hydrogen) atoms. The third kappa shape index (κ3) is 3.82. The third-order valence-corrected chi connectivity index (χ3v) is 6.72. The first-order chi connectivity index (χ1) is 15.8. The van der Waals surface area contributed by atoms with Gasteiger partial charge in [0.05, 0.1) is 11.6 Å². The topological polar surface area (TPSA) is 97.1 Å². The summed E-state index contributed by atoms with van der Waals surface area (Å²) in [6.07, 6.45) is 1.86. The van der Waals surface area contributed by atoms with E-state index in [1.54, 1.807) is 32.0 Å². The number of aromatic nitrogens is 1. The summed E-state index contributed by atoms with van der Waals surface area (Å²) in [6, 6.07) is 8.81. The predicted octanol–water partition coefficient (Wildman–Crippen LogP) is 5.04. The number of ether oxygens (including phenoxy) is 2. The lowest BCUT2D eigenvalue weighted by Crippen LogP contribution is -2.29. The second-order valence-electron chi connectivity index (χ2n) is 8.11. The van der Waals surface area contributed by atoms with Gasteiger partial charge in [-0.1, -0.05) is 27.2 Å². The molecule has 9 heteroatoms. The standard InChI is InChI=1S/C24H22BrN3O5/c1-12-23(14(3)33-27-12)26-24(30)19-10-28(13(2)18-7-16(29)4-5-17(18)19)9-15-6-21-22(8-20(15)25)32-11-31-21/h4-8,10,13,29H,9,11H2,1-3H3,(H,26,30). The number of phenolic OH excluding ortho intramolecular Hbond substituents is 1. The Hall–Kier alpha value is -3.46. The summed E-state index contributed by atoms with van der Waals surface area (Å²) < 4.78 is 17.1. The van der Waals surface area contributed by atoms with Gasteiger partial charge >= 0.3 is 0 Å². The van der Waals surface area contributed by atoms with Crippen LogP contribution in [0.4, 0.5) is 5.69 Å². The van der Waals surface area contributed by atoms with E-state index in [1.807, 2.05) is 25.3 Å². The molecule has 2 aromatic carbocycles. The summed E-state index contributed by atoms with van der Waals surface area (Å²) in [5.41, 5.74) is 4.27. The van der Waals surface area contributed by atoms with E-state index in [1.165, 1.54) is 0 Å². The van der Waals surface area contributed by atoms with E-state index in [0.29, 0.717) is 40.8 Å². The van der Waals surface area contributed by atoms with Crippen LogP contribution < -0.4 is 14.8 Å². The molecule has 0 aliphatic carbocycles. The van der Waals surface area contributed by atoms with E-state index < -0.39 is 0 Å². The number of hydrogen-bond donors (Lipinski definition) is 2. The van der Waals surface area contributed by atoms with E-state index in [4.69, 9.17) is 14.0 Å². The van der Waals surface area contributed by atoms with Crippen LogP contribution in [0.1, 0.15) is 41.1 Å². The summed E-state index contributed by atoms with van der Waals surface area (Å²) in [5, 5.41) is 17.0. The third-order valence-electron chi connectivity index (χ3n) is 5.98. The number of carbonyl (C=O) groups is 1. The number of aromatic hydroxyl groups is 1. The van der Waals surface area contributed by atoms with E-state index >= 15 is 0 Å². The van der Waals surface area contributed by atoms with Crippen molar-refractivity contribution in [2.75, 3.05) is 12.1 Å². The minimum absolute atomic E-state index is 0.0833. The Morgan fingerprint density at radius 1 is 1.24 bits per heavy atom. The summed E-state index contributed by atoms with van der Waals surface area (Å²) >= 11 is 3.62. The van der Waals surface area contributed by atoms with Crippen molar-refractivity contribution in [1.29, 1.82) is 0 Å². The number of phenols is 1. The molecule has 2 aliphatic rings. The van der Waals surface area contributed by atoms with Gasteiger partial charge in [-0.25, -0.2) is 0 Å². The van der Waals surface area contributed by atoms with Crippen LogP contribution in [0.15, 0.2) is 45.5 Å². The fraction of sp³-hybridized carbons (Fsp3) is 0.250. The van der Waals surface area contributed by atoms with E-state index in [2.05, 4.69) is 31.3 Å². The molecule has 0 saturated heterocycles. The molecule has 3 heterocycles. The largest absolute Gasteiger partial charge is 0.508 e. The minimum Gasteiger partial charge on any atom is -0.508 e. The molecule has 1 aromatic heterocycles. The average molecular weight is 512 g/mol. The smallest absolute Gasteiger partial charge is 0.257 e. The zero-order valence-corrected chi connectivity index (χ0v) is 19.9. The van der Waals surface area contributed by atoms with Crippen molar-refractivity contribution in [3.05, 3.63) is 69.1 Å². The summed E-state index contributed by atoms with van der Waals surface area (Å²) in [4.78, 5) is 15.4. The van der Waals surface area contributed by atoms with Crippen molar-refractivity contribution in [3.63, 3.8) is 0 Å². The van der Waals surface area contributed by atoms with Crippen LogP contribution in [0.5, 0.6) is 17.2 Å². The van der Waals surface area contributed by atoms with Gasteiger partial charge in [0.1, 0.15) is 17.1 Å². The maximum atomic E-state index is 13.4. The van der Waals surface area contributed by atoms with Crippen LogP contribution in [0.3, 0.4) is 0 Å². The van der Waals surface area contributed by atoms with Crippen molar-refractivity contribution in [2.24, 2.45) is 0 Å². The van der Waals surface area contributed by atoms with E-state index in [-0.39, 0.29) is 24.5 Å². The normalized spacial score (nSPS) is 16.4. The number of nitrogens with zero attached hydrogens (tertiary/aromatic N) is 2. The molecule has 0 spiro atoms. The molecule has 1 atom stereocenters. The van der Waals surface area contributed by atoms with Gasteiger partial charge < -0.3 is 29.3 Å². The number of halogens is 1. The van der Waals surface area contributed by atoms with Crippen molar-refractivity contribution < 1.29 is 23.9 Å². The van der Waals surface area contributed by atoms with Crippen molar-refractivity contribution in [1.82, 2.24) is 10.1 Å². The first-order valence-corrected chi connectivity index (χ1v) is 11.2. The summed E-state index contributed by atoms with van der Waals surface area (Å²) in [5.74, 6) is 1.80. The molecule has 2 aliphatic heterocycles. The van der Waals surface area contributed by atoms with Crippen molar-refractivity contribution >= 4 is 33.1 Å². The quantitative estimate of drug-likeness (QED) is 0.505. The Bertz CT molecular complexity index is 1280. The number of hydrogen-bond acceptors (Lipinski definition) is 7. The fourth-order valence-corrected chi connectivity index (χ4v) is 4.60. The van der Waals surface area contributed by atoms with Crippen LogP contribution in [-0.4, -0.2) is 27.9 Å². The highest BCUT2D eigenvalue weighted by Crippen LogP contribution is 2.41. The number of benzene rings is 2. The first-order valence-electron chi connectivity index (χ1n) is 10.4. The second-order valence-corrected chi connectivity index (χ2v) is 8.97. The van der Waals surface area contributed by atoms with Crippen LogP contribution in [0.25, 0.3) is 5.57 Å². The summed E-state index contributed by atoms with van der Waals surface area (Å²) in [6.45, 7) is 6.28. The predicted molar refractivity (Wildman–Crippen MR) is 125 cm³/mol. The first kappa shape index (κ1) is 21.4. The highest BCUT2D eigenvalue weighted by molar-refractivity contribution is 9.10. The number of anilines is 1.